The molecule has 0 unspecified atom stereocenters. The highest BCUT2D eigenvalue weighted by Gasteiger charge is 2.19. The van der Waals surface area contributed by atoms with Crippen LogP contribution < -0.4 is 14.2 Å². The molecule has 0 bridgehead atoms. The molecule has 11 heteroatoms. The van der Waals surface area contributed by atoms with Gasteiger partial charge in [0, 0.05) is 18.2 Å². The number of halogens is 1. The average molecular weight is 457 g/mol. The first-order chi connectivity index (χ1) is 15.5. The van der Waals surface area contributed by atoms with Crippen LogP contribution >= 0.6 is 0 Å². The van der Waals surface area contributed by atoms with Crippen molar-refractivity contribution in [2.24, 2.45) is 0 Å². The summed E-state index contributed by atoms with van der Waals surface area (Å²) in [4.78, 5) is 0.0608. The molecule has 0 amide bonds. The van der Waals surface area contributed by atoms with Crippen LogP contribution in [0.3, 0.4) is 0 Å². The number of aromatic nitrogens is 4. The summed E-state index contributed by atoms with van der Waals surface area (Å²) in [7, 11) is -3.78. The normalized spacial score (nSPS) is 11.6. The fraction of sp³-hybridized carbons (Fsp3) is 0.190. The molecule has 0 radical (unpaired) electrons. The van der Waals surface area contributed by atoms with Crippen molar-refractivity contribution in [2.75, 3.05) is 19.8 Å². The zero-order valence-electron chi connectivity index (χ0n) is 17.1. The zero-order valence-corrected chi connectivity index (χ0v) is 17.9. The molecule has 0 aliphatic carbocycles. The summed E-state index contributed by atoms with van der Waals surface area (Å²) in [5, 5.41) is 12.4. The topological polar surface area (TPSA) is 108 Å². The first-order valence-electron chi connectivity index (χ1n) is 9.80. The van der Waals surface area contributed by atoms with Crippen LogP contribution in [0, 0.1) is 5.82 Å². The number of fused-ring (bicyclic) bond motifs is 1. The van der Waals surface area contributed by atoms with Gasteiger partial charge in [0.25, 0.3) is 0 Å². The second-order valence-corrected chi connectivity index (χ2v) is 8.34. The van der Waals surface area contributed by atoms with Gasteiger partial charge in [0.2, 0.25) is 15.9 Å². The van der Waals surface area contributed by atoms with Crippen molar-refractivity contribution < 1.29 is 22.3 Å². The van der Waals surface area contributed by atoms with Crippen LogP contribution in [-0.4, -0.2) is 48.0 Å². The first-order valence-corrected chi connectivity index (χ1v) is 11.3. The van der Waals surface area contributed by atoms with E-state index in [0.717, 1.165) is 0 Å². The number of para-hydroxylation sites is 1. The number of sulfonamides is 1. The lowest BCUT2D eigenvalue weighted by Crippen LogP contribution is -2.28. The third-order valence-corrected chi connectivity index (χ3v) is 5.90. The number of nitrogens with one attached hydrogen (secondary N) is 1. The summed E-state index contributed by atoms with van der Waals surface area (Å²) in [5.41, 5.74) is 0.979. The van der Waals surface area contributed by atoms with Gasteiger partial charge in [0.15, 0.2) is 11.5 Å². The molecule has 166 valence electrons. The maximum Gasteiger partial charge on any atom is 0.244 e. The van der Waals surface area contributed by atoms with Crippen molar-refractivity contribution in [2.45, 2.75) is 11.8 Å². The molecule has 0 spiro atoms. The van der Waals surface area contributed by atoms with E-state index in [0.29, 0.717) is 23.6 Å². The Morgan fingerprint density at radius 1 is 1.03 bits per heavy atom. The molecule has 9 nitrogen and oxygen atoms in total. The molecule has 0 atom stereocenters. The molecule has 0 saturated heterocycles. The van der Waals surface area contributed by atoms with Crippen LogP contribution in [0.5, 0.6) is 11.6 Å². The zero-order chi connectivity index (χ0) is 22.6. The van der Waals surface area contributed by atoms with E-state index in [-0.39, 0.29) is 29.7 Å². The van der Waals surface area contributed by atoms with E-state index >= 15 is 0 Å². The molecule has 32 heavy (non-hydrogen) atoms. The molecule has 0 saturated carbocycles. The molecule has 2 heterocycles. The van der Waals surface area contributed by atoms with Crippen LogP contribution in [0.1, 0.15) is 6.92 Å². The van der Waals surface area contributed by atoms with E-state index in [1.165, 1.54) is 22.7 Å². The molecule has 0 aliphatic heterocycles. The highest BCUT2D eigenvalue weighted by Crippen LogP contribution is 2.23. The predicted octanol–water partition coefficient (Wildman–Crippen LogP) is 2.69. The van der Waals surface area contributed by atoms with Crippen LogP contribution in [0.4, 0.5) is 4.39 Å². The van der Waals surface area contributed by atoms with Crippen LogP contribution in [0.2, 0.25) is 0 Å². The van der Waals surface area contributed by atoms with E-state index in [1.807, 2.05) is 0 Å². The highest BCUT2D eigenvalue weighted by atomic mass is 32.2. The Labute approximate surface area is 183 Å². The minimum Gasteiger partial charge on any atom is -0.492 e. The van der Waals surface area contributed by atoms with Crippen LogP contribution in [0.25, 0.3) is 17.0 Å². The van der Waals surface area contributed by atoms with Crippen molar-refractivity contribution in [3.05, 3.63) is 66.5 Å². The summed E-state index contributed by atoms with van der Waals surface area (Å²) in [6.45, 7) is 2.18. The monoisotopic (exact) mass is 457 g/mol. The first kappa shape index (κ1) is 21.7. The average Bonchev–Trinajstić information content (AvgIpc) is 3.21. The standard InChI is InChI=1S/C21H20FN5O4S/c1-2-30-17-8-3-4-9-18(17)32(28,29)23-12-13-31-20-11-10-19-24-25-21(27(19)26-20)15-6-5-7-16(22)14-15/h3-11,14,23H,2,12-13H2,1H3. The SMILES string of the molecule is CCOc1ccccc1S(=O)(=O)NCCOc1ccc2nnc(-c3cccc(F)c3)n2n1. The summed E-state index contributed by atoms with van der Waals surface area (Å²) in [6.07, 6.45) is 0. The Morgan fingerprint density at radius 2 is 1.88 bits per heavy atom. The van der Waals surface area contributed by atoms with Gasteiger partial charge in [0.05, 0.1) is 6.61 Å². The van der Waals surface area contributed by atoms with Gasteiger partial charge in [-0.15, -0.1) is 15.3 Å². The smallest absolute Gasteiger partial charge is 0.244 e. The number of ether oxygens (including phenoxy) is 2. The largest absolute Gasteiger partial charge is 0.492 e. The van der Waals surface area contributed by atoms with Gasteiger partial charge in [-0.2, -0.15) is 4.52 Å². The minimum atomic E-state index is -3.78. The van der Waals surface area contributed by atoms with Gasteiger partial charge >= 0.3 is 0 Å². The van der Waals surface area contributed by atoms with Gasteiger partial charge in [-0.3, -0.25) is 0 Å². The van der Waals surface area contributed by atoms with Crippen molar-refractivity contribution in [3.8, 4) is 23.0 Å². The summed E-state index contributed by atoms with van der Waals surface area (Å²) < 4.78 is 53.7. The summed E-state index contributed by atoms with van der Waals surface area (Å²) in [5.74, 6) is 0.486. The number of hydrogen-bond donors (Lipinski definition) is 1. The Bertz CT molecular complexity index is 1340. The van der Waals surface area contributed by atoms with Crippen molar-refractivity contribution >= 4 is 15.7 Å². The maximum absolute atomic E-state index is 13.6. The molecule has 4 rings (SSSR count). The Balaban J connectivity index is 1.43. The highest BCUT2D eigenvalue weighted by molar-refractivity contribution is 7.89. The van der Waals surface area contributed by atoms with Crippen LogP contribution in [-0.2, 0) is 10.0 Å². The molecule has 2 aromatic heterocycles. The summed E-state index contributed by atoms with van der Waals surface area (Å²) >= 11 is 0. The summed E-state index contributed by atoms with van der Waals surface area (Å²) in [6, 6.07) is 15.6. The van der Waals surface area contributed by atoms with Crippen molar-refractivity contribution in [3.63, 3.8) is 0 Å². The van der Waals surface area contributed by atoms with Crippen molar-refractivity contribution in [1.29, 1.82) is 0 Å². The van der Waals surface area contributed by atoms with Crippen molar-refractivity contribution in [1.82, 2.24) is 24.5 Å². The predicted molar refractivity (Wildman–Crippen MR) is 114 cm³/mol. The lowest BCUT2D eigenvalue weighted by molar-refractivity contribution is 0.305. The third-order valence-electron chi connectivity index (χ3n) is 4.40. The molecule has 0 aliphatic rings. The molecular formula is C21H20FN5O4S. The number of benzene rings is 2. The van der Waals surface area contributed by atoms with E-state index in [4.69, 9.17) is 9.47 Å². The minimum absolute atomic E-state index is 0.0153. The Hall–Kier alpha value is -3.57. The lowest BCUT2D eigenvalue weighted by Gasteiger charge is -2.12. The number of hydrogen-bond acceptors (Lipinski definition) is 7. The van der Waals surface area contributed by atoms with Gasteiger partial charge in [0.1, 0.15) is 23.1 Å². The van der Waals surface area contributed by atoms with E-state index in [1.54, 1.807) is 49.4 Å². The van der Waals surface area contributed by atoms with Gasteiger partial charge < -0.3 is 9.47 Å². The van der Waals surface area contributed by atoms with Gasteiger partial charge in [-0.25, -0.2) is 17.5 Å². The molecule has 1 N–H and O–H groups in total. The molecule has 4 aromatic rings. The van der Waals surface area contributed by atoms with E-state index < -0.39 is 15.8 Å². The molecular weight excluding hydrogens is 437 g/mol. The number of nitrogens with zero attached hydrogens (tertiary/aromatic N) is 4. The van der Waals surface area contributed by atoms with E-state index in [2.05, 4.69) is 20.0 Å². The second-order valence-electron chi connectivity index (χ2n) is 6.60. The second kappa shape index (κ2) is 9.28. The fourth-order valence-corrected chi connectivity index (χ4v) is 4.17. The fourth-order valence-electron chi connectivity index (χ4n) is 3.01. The molecule has 2 aromatic carbocycles. The maximum atomic E-state index is 13.6. The van der Waals surface area contributed by atoms with Gasteiger partial charge in [-0.05, 0) is 37.3 Å². The quantitative estimate of drug-likeness (QED) is 0.385. The number of rotatable bonds is 9. The Morgan fingerprint density at radius 3 is 2.69 bits per heavy atom. The van der Waals surface area contributed by atoms with E-state index in [9.17, 15) is 12.8 Å². The third kappa shape index (κ3) is 4.68. The van der Waals surface area contributed by atoms with Gasteiger partial charge in [-0.1, -0.05) is 24.3 Å². The van der Waals surface area contributed by atoms with Crippen LogP contribution in [0.15, 0.2) is 65.6 Å². The Kier molecular flexibility index (Phi) is 6.28. The lowest BCUT2D eigenvalue weighted by atomic mass is 10.2. The molecule has 0 fully saturated rings.